The summed E-state index contributed by atoms with van der Waals surface area (Å²) in [6, 6.07) is 7.26. The molecule has 0 radical (unpaired) electrons. The van der Waals surface area contributed by atoms with Crippen LogP contribution >= 0.6 is 0 Å². The number of rotatable bonds is 5. The van der Waals surface area contributed by atoms with Crippen molar-refractivity contribution in [2.45, 2.75) is 17.8 Å². The molecule has 1 heterocycles. The fraction of sp³-hybridized carbons (Fsp3) is 0.167. The number of ether oxygens (including phenoxy) is 1. The van der Waals surface area contributed by atoms with Crippen LogP contribution < -0.4 is 9.46 Å². The fourth-order valence-corrected chi connectivity index (χ4v) is 2.53. The first-order valence-corrected chi connectivity index (χ1v) is 7.12. The fourth-order valence-electron chi connectivity index (χ4n) is 1.50. The van der Waals surface area contributed by atoms with Gasteiger partial charge in [-0.1, -0.05) is 6.07 Å². The molecule has 1 N–H and O–H groups in total. The summed E-state index contributed by atoms with van der Waals surface area (Å²) in [6.07, 6.45) is -3.51. The molecule has 5 nitrogen and oxygen atoms in total. The van der Waals surface area contributed by atoms with Crippen molar-refractivity contribution >= 4 is 10.0 Å². The number of nitrogens with one attached hydrogen (secondary N) is 1. The minimum atomic E-state index is -4.88. The number of hydrogen-bond acceptors (Lipinski definition) is 4. The summed E-state index contributed by atoms with van der Waals surface area (Å²) >= 11 is 0. The van der Waals surface area contributed by atoms with E-state index in [1.54, 1.807) is 12.1 Å². The topological polar surface area (TPSA) is 68.5 Å². The third kappa shape index (κ3) is 4.50. The van der Waals surface area contributed by atoms with Gasteiger partial charge in [0, 0.05) is 6.07 Å². The van der Waals surface area contributed by atoms with Crippen LogP contribution in [0.1, 0.15) is 5.76 Å². The Labute approximate surface area is 118 Å². The second-order valence-corrected chi connectivity index (χ2v) is 5.69. The Morgan fingerprint density at radius 1 is 1.19 bits per heavy atom. The van der Waals surface area contributed by atoms with Crippen molar-refractivity contribution in [3.63, 3.8) is 0 Å². The number of benzene rings is 1. The van der Waals surface area contributed by atoms with E-state index in [2.05, 4.69) is 9.46 Å². The van der Waals surface area contributed by atoms with Crippen LogP contribution in [-0.2, 0) is 16.6 Å². The van der Waals surface area contributed by atoms with Crippen molar-refractivity contribution in [1.29, 1.82) is 0 Å². The van der Waals surface area contributed by atoms with Crippen LogP contribution in [0.3, 0.4) is 0 Å². The van der Waals surface area contributed by atoms with Crippen molar-refractivity contribution in [1.82, 2.24) is 4.72 Å². The van der Waals surface area contributed by atoms with Gasteiger partial charge in [0.25, 0.3) is 0 Å². The molecule has 0 aliphatic carbocycles. The van der Waals surface area contributed by atoms with Crippen LogP contribution in [-0.4, -0.2) is 14.8 Å². The molecule has 21 heavy (non-hydrogen) atoms. The zero-order valence-electron chi connectivity index (χ0n) is 10.4. The lowest BCUT2D eigenvalue weighted by molar-refractivity contribution is -0.274. The van der Waals surface area contributed by atoms with E-state index in [0.29, 0.717) is 5.76 Å². The number of furan rings is 1. The monoisotopic (exact) mass is 321 g/mol. The first-order valence-electron chi connectivity index (χ1n) is 5.64. The van der Waals surface area contributed by atoms with E-state index in [9.17, 15) is 21.6 Å². The quantitative estimate of drug-likeness (QED) is 0.919. The Morgan fingerprint density at radius 3 is 2.57 bits per heavy atom. The predicted octanol–water partition coefficient (Wildman–Crippen LogP) is 2.66. The Bertz CT molecular complexity index is 696. The predicted molar refractivity (Wildman–Crippen MR) is 65.9 cm³/mol. The summed E-state index contributed by atoms with van der Waals surface area (Å²) in [5.41, 5.74) is 0. The first kappa shape index (κ1) is 15.4. The van der Waals surface area contributed by atoms with E-state index >= 15 is 0 Å². The van der Waals surface area contributed by atoms with Crippen molar-refractivity contribution in [2.24, 2.45) is 0 Å². The van der Waals surface area contributed by atoms with Crippen molar-refractivity contribution in [3.05, 3.63) is 48.4 Å². The first-order chi connectivity index (χ1) is 9.76. The summed E-state index contributed by atoms with van der Waals surface area (Å²) in [6.45, 7) is -0.111. The van der Waals surface area contributed by atoms with E-state index in [4.69, 9.17) is 4.42 Å². The molecule has 0 atom stereocenters. The molecule has 0 unspecified atom stereocenters. The third-order valence-corrected chi connectivity index (χ3v) is 3.76. The van der Waals surface area contributed by atoms with Gasteiger partial charge in [-0.3, -0.25) is 0 Å². The minimum Gasteiger partial charge on any atom is -0.468 e. The molecule has 0 saturated carbocycles. The highest BCUT2D eigenvalue weighted by Gasteiger charge is 2.31. The highest BCUT2D eigenvalue weighted by molar-refractivity contribution is 7.89. The SMILES string of the molecule is O=S(=O)(NCc1ccco1)c1cccc(OC(F)(F)F)c1. The van der Waals surface area contributed by atoms with Gasteiger partial charge in [0.2, 0.25) is 10.0 Å². The van der Waals surface area contributed by atoms with Gasteiger partial charge in [0.1, 0.15) is 11.5 Å². The zero-order chi connectivity index (χ0) is 15.5. The summed E-state index contributed by atoms with van der Waals surface area (Å²) < 4.78 is 71.1. The Balaban J connectivity index is 2.14. The molecule has 2 rings (SSSR count). The lowest BCUT2D eigenvalue weighted by Gasteiger charge is -2.10. The average Bonchev–Trinajstić information content (AvgIpc) is 2.88. The van der Waals surface area contributed by atoms with Gasteiger partial charge < -0.3 is 9.15 Å². The summed E-state index contributed by atoms with van der Waals surface area (Å²) in [5, 5.41) is 0. The van der Waals surface area contributed by atoms with Gasteiger partial charge in [-0.05, 0) is 24.3 Å². The summed E-state index contributed by atoms with van der Waals surface area (Å²) in [7, 11) is -3.97. The van der Waals surface area contributed by atoms with Crippen LogP contribution in [0.4, 0.5) is 13.2 Å². The smallest absolute Gasteiger partial charge is 0.468 e. The molecule has 0 fully saturated rings. The molecule has 114 valence electrons. The van der Waals surface area contributed by atoms with Gasteiger partial charge >= 0.3 is 6.36 Å². The molecule has 0 amide bonds. The number of alkyl halides is 3. The molecule has 0 aliphatic rings. The largest absolute Gasteiger partial charge is 0.573 e. The van der Waals surface area contributed by atoms with E-state index in [0.717, 1.165) is 24.3 Å². The zero-order valence-corrected chi connectivity index (χ0v) is 11.2. The summed E-state index contributed by atoms with van der Waals surface area (Å²) in [4.78, 5) is -0.337. The van der Waals surface area contributed by atoms with Crippen molar-refractivity contribution in [2.75, 3.05) is 0 Å². The maximum atomic E-state index is 12.1. The van der Waals surface area contributed by atoms with E-state index in [1.165, 1.54) is 6.26 Å². The molecule has 0 aliphatic heterocycles. The number of sulfonamides is 1. The second kappa shape index (κ2) is 5.78. The highest BCUT2D eigenvalue weighted by atomic mass is 32.2. The molecule has 0 bridgehead atoms. The second-order valence-electron chi connectivity index (χ2n) is 3.93. The molecule has 1 aromatic carbocycles. The van der Waals surface area contributed by atoms with Gasteiger partial charge in [-0.2, -0.15) is 0 Å². The molecule has 9 heteroatoms. The maximum absolute atomic E-state index is 12.1. The van der Waals surface area contributed by atoms with Crippen LogP contribution in [0, 0.1) is 0 Å². The number of hydrogen-bond donors (Lipinski definition) is 1. The molecule has 0 saturated heterocycles. The van der Waals surface area contributed by atoms with E-state index < -0.39 is 22.1 Å². The van der Waals surface area contributed by atoms with Crippen molar-refractivity contribution in [3.8, 4) is 5.75 Å². The lowest BCUT2D eigenvalue weighted by atomic mass is 10.3. The minimum absolute atomic E-state index is 0.111. The van der Waals surface area contributed by atoms with Gasteiger partial charge in [0.15, 0.2) is 0 Å². The lowest BCUT2D eigenvalue weighted by Crippen LogP contribution is -2.23. The molecular formula is C12H10F3NO4S. The van der Waals surface area contributed by atoms with Crippen LogP contribution in [0.25, 0.3) is 0 Å². The normalized spacial score (nSPS) is 12.3. The van der Waals surface area contributed by atoms with Crippen molar-refractivity contribution < 1.29 is 30.7 Å². The van der Waals surface area contributed by atoms with E-state index in [-0.39, 0.29) is 11.4 Å². The molecule has 1 aromatic heterocycles. The van der Waals surface area contributed by atoms with Crippen LogP contribution in [0.15, 0.2) is 52.0 Å². The Hall–Kier alpha value is -2.00. The highest BCUT2D eigenvalue weighted by Crippen LogP contribution is 2.24. The standard InChI is InChI=1S/C12H10F3NO4S/c13-12(14,15)20-9-3-1-5-11(7-9)21(17,18)16-8-10-4-2-6-19-10/h1-7,16H,8H2. The molecule has 2 aromatic rings. The molecule has 0 spiro atoms. The van der Waals surface area contributed by atoms with E-state index in [1.807, 2.05) is 0 Å². The van der Waals surface area contributed by atoms with Crippen LogP contribution in [0.2, 0.25) is 0 Å². The Kier molecular flexibility index (Phi) is 4.24. The summed E-state index contributed by atoms with van der Waals surface area (Å²) in [5.74, 6) is -0.232. The number of halogens is 3. The molecular weight excluding hydrogens is 311 g/mol. The van der Waals surface area contributed by atoms with Gasteiger partial charge in [0.05, 0.1) is 17.7 Å². The average molecular weight is 321 g/mol. The Morgan fingerprint density at radius 2 is 1.95 bits per heavy atom. The van der Waals surface area contributed by atoms with Gasteiger partial charge in [-0.15, -0.1) is 13.2 Å². The van der Waals surface area contributed by atoms with Crippen LogP contribution in [0.5, 0.6) is 5.75 Å². The van der Waals surface area contributed by atoms with Gasteiger partial charge in [-0.25, -0.2) is 13.1 Å². The third-order valence-electron chi connectivity index (χ3n) is 2.37. The maximum Gasteiger partial charge on any atom is 0.573 e.